The van der Waals surface area contributed by atoms with Crippen molar-refractivity contribution in [2.45, 2.75) is 57.2 Å². The van der Waals surface area contributed by atoms with Crippen molar-refractivity contribution >= 4 is 23.4 Å². The number of nitrogens with one attached hydrogen (secondary N) is 1. The lowest BCUT2D eigenvalue weighted by Crippen LogP contribution is -2.51. The normalized spacial score (nSPS) is 18.0. The number of methoxy groups -OCH3 is 1. The van der Waals surface area contributed by atoms with Crippen LogP contribution in [0.3, 0.4) is 0 Å². The minimum Gasteiger partial charge on any atom is -0.493 e. The molecular weight excluding hydrogens is 496 g/mol. The molecule has 0 saturated heterocycles. The fraction of sp³-hybridized carbons (Fsp3) is 0.500. The van der Waals surface area contributed by atoms with Crippen LogP contribution in [0.2, 0.25) is 0 Å². The highest BCUT2D eigenvalue weighted by Crippen LogP contribution is 2.35. The summed E-state index contributed by atoms with van der Waals surface area (Å²) in [7, 11) is 1.55. The van der Waals surface area contributed by atoms with E-state index in [0.717, 1.165) is 25.7 Å². The zero-order chi connectivity index (χ0) is 26.2. The highest BCUT2D eigenvalue weighted by molar-refractivity contribution is 6.27. The van der Waals surface area contributed by atoms with Gasteiger partial charge >= 0.3 is 0 Å². The van der Waals surface area contributed by atoms with Crippen molar-refractivity contribution in [3.05, 3.63) is 48.0 Å². The summed E-state index contributed by atoms with van der Waals surface area (Å²) in [5.41, 5.74) is 0.601. The van der Waals surface area contributed by atoms with Gasteiger partial charge in [-0.1, -0.05) is 37.5 Å². The van der Waals surface area contributed by atoms with Crippen LogP contribution < -0.4 is 24.3 Å². The summed E-state index contributed by atoms with van der Waals surface area (Å²) in [6, 6.07) is 11.8. The molecule has 1 heterocycles. The maximum Gasteiger partial charge on any atom is 0.247 e. The molecule has 1 aliphatic heterocycles. The summed E-state index contributed by atoms with van der Waals surface area (Å²) in [5.74, 6) is 1.40. The summed E-state index contributed by atoms with van der Waals surface area (Å²) < 4.78 is 23.2. The Bertz CT molecular complexity index is 1070. The van der Waals surface area contributed by atoms with E-state index >= 15 is 0 Å². The number of nitrogens with zero attached hydrogens (tertiary/aromatic N) is 1. The minimum atomic E-state index is -0.932. The molecule has 0 bridgehead atoms. The molecule has 2 amide bonds. The first kappa shape index (κ1) is 26.9. The highest BCUT2D eigenvalue weighted by atomic mass is 35.5. The van der Waals surface area contributed by atoms with Crippen molar-refractivity contribution in [2.24, 2.45) is 0 Å². The lowest BCUT2D eigenvalue weighted by Gasteiger charge is -2.36. The molecule has 1 saturated carbocycles. The second-order valence-electron chi connectivity index (χ2n) is 9.27. The van der Waals surface area contributed by atoms with E-state index in [-0.39, 0.29) is 36.9 Å². The Hall–Kier alpha value is -3.13. The fourth-order valence-electron chi connectivity index (χ4n) is 4.93. The molecular formula is C28H35ClN2O6. The van der Waals surface area contributed by atoms with Gasteiger partial charge in [-0.3, -0.25) is 9.59 Å². The van der Waals surface area contributed by atoms with Crippen LogP contribution in [-0.4, -0.2) is 61.6 Å². The molecule has 2 aromatic carbocycles. The standard InChI is InChI=1S/C28H35ClN2O6/c1-3-35-23-14-13-19(15-25(23)34-2)27(28(33)30-20-9-5-4-6-10-20)31(26(32)16-29)17-21-18-36-22-11-7-8-12-24(22)37-21/h7-8,11-15,20-21,27H,3-6,9-10,16-18H2,1-2H3,(H,30,33)/t21-,27+/m1/s1. The van der Waals surface area contributed by atoms with E-state index < -0.39 is 12.1 Å². The lowest BCUT2D eigenvalue weighted by atomic mass is 9.94. The molecule has 1 aliphatic carbocycles. The van der Waals surface area contributed by atoms with Crippen molar-refractivity contribution < 1.29 is 28.5 Å². The van der Waals surface area contributed by atoms with Gasteiger partial charge < -0.3 is 29.2 Å². The van der Waals surface area contributed by atoms with Gasteiger partial charge in [-0.15, -0.1) is 11.6 Å². The van der Waals surface area contributed by atoms with Crippen LogP contribution in [0, 0.1) is 0 Å². The van der Waals surface area contributed by atoms with E-state index in [4.69, 9.17) is 30.5 Å². The number of amides is 2. The largest absolute Gasteiger partial charge is 0.493 e. The molecule has 9 heteroatoms. The minimum absolute atomic E-state index is 0.0717. The van der Waals surface area contributed by atoms with Gasteiger partial charge in [0.25, 0.3) is 0 Å². The first-order chi connectivity index (χ1) is 18.0. The molecule has 1 fully saturated rings. The van der Waals surface area contributed by atoms with Gasteiger partial charge in [0.1, 0.15) is 18.5 Å². The van der Waals surface area contributed by atoms with Crippen LogP contribution in [0.4, 0.5) is 0 Å². The van der Waals surface area contributed by atoms with Crippen LogP contribution in [0.1, 0.15) is 50.6 Å². The van der Waals surface area contributed by atoms with Crippen LogP contribution in [0.15, 0.2) is 42.5 Å². The predicted molar refractivity (Wildman–Crippen MR) is 141 cm³/mol. The predicted octanol–water partition coefficient (Wildman–Crippen LogP) is 4.49. The fourth-order valence-corrected chi connectivity index (χ4v) is 5.08. The van der Waals surface area contributed by atoms with Crippen molar-refractivity contribution in [2.75, 3.05) is 32.7 Å². The monoisotopic (exact) mass is 530 g/mol. The Kier molecular flexibility index (Phi) is 9.39. The first-order valence-corrected chi connectivity index (χ1v) is 13.4. The van der Waals surface area contributed by atoms with Crippen LogP contribution >= 0.6 is 11.6 Å². The number of hydrogen-bond acceptors (Lipinski definition) is 6. The number of alkyl halides is 1. The van der Waals surface area contributed by atoms with E-state index in [2.05, 4.69) is 5.32 Å². The molecule has 200 valence electrons. The Morgan fingerprint density at radius 2 is 1.86 bits per heavy atom. The number of hydrogen-bond donors (Lipinski definition) is 1. The van der Waals surface area contributed by atoms with Gasteiger partial charge in [-0.05, 0) is 49.6 Å². The van der Waals surface area contributed by atoms with Crippen LogP contribution in [-0.2, 0) is 9.59 Å². The molecule has 2 aromatic rings. The van der Waals surface area contributed by atoms with Gasteiger partial charge in [0.15, 0.2) is 29.1 Å². The van der Waals surface area contributed by atoms with Gasteiger partial charge in [0.05, 0.1) is 20.3 Å². The van der Waals surface area contributed by atoms with E-state index in [0.29, 0.717) is 35.2 Å². The van der Waals surface area contributed by atoms with Gasteiger partial charge in [-0.2, -0.15) is 0 Å². The molecule has 2 aliphatic rings. The Morgan fingerprint density at radius 3 is 2.57 bits per heavy atom. The van der Waals surface area contributed by atoms with Crippen molar-refractivity contribution in [1.82, 2.24) is 10.2 Å². The molecule has 0 radical (unpaired) electrons. The van der Waals surface area contributed by atoms with Crippen LogP contribution in [0.25, 0.3) is 0 Å². The maximum atomic E-state index is 13.8. The second-order valence-corrected chi connectivity index (χ2v) is 9.53. The van der Waals surface area contributed by atoms with Crippen molar-refractivity contribution in [3.8, 4) is 23.0 Å². The highest BCUT2D eigenvalue weighted by Gasteiger charge is 2.36. The van der Waals surface area contributed by atoms with E-state index in [1.807, 2.05) is 31.2 Å². The van der Waals surface area contributed by atoms with Gasteiger partial charge in [0.2, 0.25) is 11.8 Å². The van der Waals surface area contributed by atoms with Crippen molar-refractivity contribution in [3.63, 3.8) is 0 Å². The third-order valence-electron chi connectivity index (χ3n) is 6.72. The zero-order valence-electron chi connectivity index (χ0n) is 21.4. The lowest BCUT2D eigenvalue weighted by molar-refractivity contribution is -0.141. The average molecular weight is 531 g/mol. The third kappa shape index (κ3) is 6.60. The molecule has 4 rings (SSSR count). The van der Waals surface area contributed by atoms with Gasteiger partial charge in [-0.25, -0.2) is 0 Å². The molecule has 0 spiro atoms. The SMILES string of the molecule is CCOc1ccc([C@@H](C(=O)NC2CCCCC2)N(C[C@@H]2COc3ccccc3O2)C(=O)CCl)cc1OC. The van der Waals surface area contributed by atoms with E-state index in [1.165, 1.54) is 11.3 Å². The topological polar surface area (TPSA) is 86.3 Å². The number of carbonyl (C=O) groups is 2. The molecule has 1 N–H and O–H groups in total. The summed E-state index contributed by atoms with van der Waals surface area (Å²) >= 11 is 6.06. The summed E-state index contributed by atoms with van der Waals surface area (Å²) in [6.45, 7) is 2.72. The third-order valence-corrected chi connectivity index (χ3v) is 6.95. The molecule has 0 aromatic heterocycles. The molecule has 37 heavy (non-hydrogen) atoms. The average Bonchev–Trinajstić information content (AvgIpc) is 2.93. The zero-order valence-corrected chi connectivity index (χ0v) is 22.2. The number of para-hydroxylation sites is 2. The quantitative estimate of drug-likeness (QED) is 0.455. The molecule has 8 nitrogen and oxygen atoms in total. The first-order valence-electron chi connectivity index (χ1n) is 12.9. The molecule has 0 unspecified atom stereocenters. The number of halogens is 1. The smallest absolute Gasteiger partial charge is 0.247 e. The summed E-state index contributed by atoms with van der Waals surface area (Å²) in [4.78, 5) is 28.5. The van der Waals surface area contributed by atoms with E-state index in [9.17, 15) is 9.59 Å². The number of fused-ring (bicyclic) bond motifs is 1. The number of ether oxygens (including phenoxy) is 4. The second kappa shape index (κ2) is 12.9. The van der Waals surface area contributed by atoms with Gasteiger partial charge in [0, 0.05) is 6.04 Å². The Morgan fingerprint density at radius 1 is 1.11 bits per heavy atom. The summed E-state index contributed by atoms with van der Waals surface area (Å²) in [5, 5.41) is 3.19. The number of benzene rings is 2. The number of carbonyl (C=O) groups excluding carboxylic acids is 2. The van der Waals surface area contributed by atoms with Crippen molar-refractivity contribution in [1.29, 1.82) is 0 Å². The number of rotatable bonds is 10. The maximum absolute atomic E-state index is 13.8. The Balaban J connectivity index is 1.66. The Labute approximate surface area is 223 Å². The van der Waals surface area contributed by atoms with Crippen LogP contribution in [0.5, 0.6) is 23.0 Å². The summed E-state index contributed by atoms with van der Waals surface area (Å²) in [6.07, 6.45) is 4.68. The molecule has 2 atom stereocenters. The van der Waals surface area contributed by atoms with E-state index in [1.54, 1.807) is 25.3 Å².